The van der Waals surface area contributed by atoms with E-state index in [2.05, 4.69) is 20.3 Å². The van der Waals surface area contributed by atoms with Crippen LogP contribution < -0.4 is 10.2 Å². The molecule has 33 heavy (non-hydrogen) atoms. The number of aromatic amines is 1. The van der Waals surface area contributed by atoms with Crippen LogP contribution in [-0.2, 0) is 6.54 Å². The number of anilines is 1. The molecule has 0 aliphatic rings. The van der Waals surface area contributed by atoms with Crippen molar-refractivity contribution in [2.75, 3.05) is 31.1 Å². The second-order valence-electron chi connectivity index (χ2n) is 7.32. The predicted molar refractivity (Wildman–Crippen MR) is 120 cm³/mol. The van der Waals surface area contributed by atoms with E-state index in [1.807, 2.05) is 16.7 Å². The molecule has 0 aliphatic heterocycles. The number of nitrogens with one attached hydrogen (secondary N) is 2. The number of H-pyrrole nitrogens is 1. The predicted octanol–water partition coefficient (Wildman–Crippen LogP) is 2.68. The molecular weight excluding hydrogens is 429 g/mol. The van der Waals surface area contributed by atoms with Gasteiger partial charge in [0.1, 0.15) is 22.5 Å². The first kappa shape index (κ1) is 22.2. The first-order valence-electron chi connectivity index (χ1n) is 10.4. The van der Waals surface area contributed by atoms with E-state index < -0.39 is 11.9 Å². The van der Waals surface area contributed by atoms with Crippen molar-refractivity contribution in [3.05, 3.63) is 42.0 Å². The van der Waals surface area contributed by atoms with Crippen LogP contribution in [0.1, 0.15) is 12.5 Å². The Morgan fingerprint density at radius 2 is 2.15 bits per heavy atom. The smallest absolute Gasteiger partial charge is 0.413 e. The molecule has 0 spiro atoms. The first-order valence-corrected chi connectivity index (χ1v) is 10.4. The SMILES string of the molecule is CCN(C(=O)O)c1nc2c(cc(-c3cc(F)cc(C#N)c3)n2CCNCCO)c2nc[nH]c12. The number of pyridine rings is 1. The molecule has 0 bridgehead atoms. The summed E-state index contributed by atoms with van der Waals surface area (Å²) < 4.78 is 16.1. The fraction of sp³-hybridized carbons (Fsp3) is 0.273. The van der Waals surface area contributed by atoms with Crippen molar-refractivity contribution < 1.29 is 19.4 Å². The quantitative estimate of drug-likeness (QED) is 0.302. The molecule has 1 amide bonds. The number of carboxylic acid groups (broad SMARTS) is 1. The number of aromatic nitrogens is 4. The zero-order chi connectivity index (χ0) is 23.5. The summed E-state index contributed by atoms with van der Waals surface area (Å²) in [7, 11) is 0. The molecule has 1 aromatic carbocycles. The summed E-state index contributed by atoms with van der Waals surface area (Å²) in [5.41, 5.74) is 2.78. The van der Waals surface area contributed by atoms with Crippen molar-refractivity contribution in [1.82, 2.24) is 24.8 Å². The Hall–Kier alpha value is -4.01. The number of halogens is 1. The van der Waals surface area contributed by atoms with Gasteiger partial charge in [-0.3, -0.25) is 4.90 Å². The Morgan fingerprint density at radius 3 is 2.85 bits per heavy atom. The van der Waals surface area contributed by atoms with Crippen molar-refractivity contribution >= 4 is 34.0 Å². The molecule has 11 heteroatoms. The van der Waals surface area contributed by atoms with Crippen LogP contribution in [0.15, 0.2) is 30.6 Å². The molecular formula is C22H22FN7O3. The lowest BCUT2D eigenvalue weighted by atomic mass is 10.1. The molecule has 170 valence electrons. The molecule has 3 aromatic heterocycles. The summed E-state index contributed by atoms with van der Waals surface area (Å²) in [4.78, 5) is 25.0. The standard InChI is InChI=1S/C22H22FN7O3/c1-2-29(22(32)33)21-19-18(26-12-27-19)16-10-17(14-7-13(11-24)8-15(23)9-14)30(20(16)28-21)5-3-25-4-6-31/h7-10,12,25,31H,2-6H2,1H3,(H,26,27)(H,32,33). The highest BCUT2D eigenvalue weighted by atomic mass is 19.1. The van der Waals surface area contributed by atoms with E-state index in [0.29, 0.717) is 53.0 Å². The van der Waals surface area contributed by atoms with Crippen LogP contribution >= 0.6 is 0 Å². The monoisotopic (exact) mass is 451 g/mol. The van der Waals surface area contributed by atoms with Crippen LogP contribution in [0, 0.1) is 17.1 Å². The Kier molecular flexibility index (Phi) is 6.21. The first-order chi connectivity index (χ1) is 16.0. The van der Waals surface area contributed by atoms with E-state index in [-0.39, 0.29) is 24.5 Å². The molecule has 10 nitrogen and oxygen atoms in total. The maximum absolute atomic E-state index is 14.2. The zero-order valence-corrected chi connectivity index (χ0v) is 17.8. The average molecular weight is 451 g/mol. The molecule has 3 heterocycles. The number of carbonyl (C=O) groups is 1. The van der Waals surface area contributed by atoms with Gasteiger partial charge >= 0.3 is 6.09 Å². The number of imidazole rings is 1. The summed E-state index contributed by atoms with van der Waals surface area (Å²) in [5.74, 6) is -0.322. The van der Waals surface area contributed by atoms with Crippen LogP contribution in [0.3, 0.4) is 0 Å². The number of hydrogen-bond acceptors (Lipinski definition) is 6. The van der Waals surface area contributed by atoms with E-state index in [0.717, 1.165) is 11.0 Å². The fourth-order valence-corrected chi connectivity index (χ4v) is 3.89. The summed E-state index contributed by atoms with van der Waals surface area (Å²) in [5, 5.41) is 31.8. The van der Waals surface area contributed by atoms with Crippen molar-refractivity contribution in [1.29, 1.82) is 5.26 Å². The summed E-state index contributed by atoms with van der Waals surface area (Å²) in [6, 6.07) is 7.87. The highest BCUT2D eigenvalue weighted by Crippen LogP contribution is 2.35. The normalized spacial score (nSPS) is 11.2. The number of fused-ring (bicyclic) bond motifs is 3. The van der Waals surface area contributed by atoms with Crippen LogP contribution in [0.5, 0.6) is 0 Å². The number of amides is 1. The van der Waals surface area contributed by atoms with Gasteiger partial charge in [0, 0.05) is 37.1 Å². The van der Waals surface area contributed by atoms with Crippen molar-refractivity contribution in [3.8, 4) is 17.3 Å². The van der Waals surface area contributed by atoms with E-state index in [9.17, 15) is 19.6 Å². The summed E-state index contributed by atoms with van der Waals surface area (Å²) in [6.07, 6.45) is 0.327. The van der Waals surface area contributed by atoms with Crippen LogP contribution in [0.4, 0.5) is 15.0 Å². The Morgan fingerprint density at radius 1 is 1.33 bits per heavy atom. The Labute approximate surface area is 187 Å². The molecule has 0 fully saturated rings. The number of aliphatic hydroxyl groups is 1. The summed E-state index contributed by atoms with van der Waals surface area (Å²) >= 11 is 0. The third-order valence-electron chi connectivity index (χ3n) is 5.32. The number of aliphatic hydroxyl groups excluding tert-OH is 1. The van der Waals surface area contributed by atoms with Crippen molar-refractivity contribution in [3.63, 3.8) is 0 Å². The molecule has 0 radical (unpaired) electrons. The van der Waals surface area contributed by atoms with Gasteiger partial charge in [0.25, 0.3) is 0 Å². The van der Waals surface area contributed by atoms with Crippen LogP contribution in [-0.4, -0.2) is 62.1 Å². The molecule has 4 rings (SSSR count). The highest BCUT2D eigenvalue weighted by Gasteiger charge is 2.23. The van der Waals surface area contributed by atoms with Gasteiger partial charge < -0.3 is 25.1 Å². The van der Waals surface area contributed by atoms with Gasteiger partial charge in [-0.15, -0.1) is 0 Å². The number of rotatable bonds is 8. The van der Waals surface area contributed by atoms with Crippen LogP contribution in [0.25, 0.3) is 33.3 Å². The van der Waals surface area contributed by atoms with E-state index in [1.165, 1.54) is 12.4 Å². The Balaban J connectivity index is 1.99. The van der Waals surface area contributed by atoms with Crippen molar-refractivity contribution in [2.24, 2.45) is 0 Å². The maximum atomic E-state index is 14.2. The average Bonchev–Trinajstić information content (AvgIpc) is 3.41. The minimum atomic E-state index is -1.15. The maximum Gasteiger partial charge on any atom is 0.413 e. The van der Waals surface area contributed by atoms with Gasteiger partial charge in [-0.05, 0) is 31.2 Å². The largest absolute Gasteiger partial charge is 0.465 e. The topological polar surface area (TPSA) is 143 Å². The lowest BCUT2D eigenvalue weighted by Crippen LogP contribution is -2.30. The Bertz CT molecular complexity index is 1370. The van der Waals surface area contributed by atoms with Gasteiger partial charge in [-0.2, -0.15) is 5.26 Å². The molecule has 0 aliphatic carbocycles. The minimum absolute atomic E-state index is 0.0188. The molecule has 4 aromatic rings. The molecule has 0 saturated heterocycles. The van der Waals surface area contributed by atoms with Gasteiger partial charge in [-0.25, -0.2) is 19.2 Å². The zero-order valence-electron chi connectivity index (χ0n) is 17.8. The number of benzene rings is 1. The van der Waals surface area contributed by atoms with Gasteiger partial charge in [-0.1, -0.05) is 0 Å². The molecule has 0 atom stereocenters. The van der Waals surface area contributed by atoms with Gasteiger partial charge in [0.15, 0.2) is 5.82 Å². The number of nitrogens with zero attached hydrogens (tertiary/aromatic N) is 5. The van der Waals surface area contributed by atoms with Crippen LogP contribution in [0.2, 0.25) is 0 Å². The highest BCUT2D eigenvalue weighted by molar-refractivity contribution is 6.09. The van der Waals surface area contributed by atoms with E-state index >= 15 is 0 Å². The van der Waals surface area contributed by atoms with E-state index in [4.69, 9.17) is 5.11 Å². The van der Waals surface area contributed by atoms with Crippen molar-refractivity contribution in [2.45, 2.75) is 13.5 Å². The fourth-order valence-electron chi connectivity index (χ4n) is 3.89. The molecule has 4 N–H and O–H groups in total. The van der Waals surface area contributed by atoms with E-state index in [1.54, 1.807) is 13.0 Å². The minimum Gasteiger partial charge on any atom is -0.465 e. The third kappa shape index (κ3) is 4.09. The second-order valence-corrected chi connectivity index (χ2v) is 7.32. The molecule has 0 saturated carbocycles. The lowest BCUT2D eigenvalue weighted by molar-refractivity contribution is 0.202. The lowest BCUT2D eigenvalue weighted by Gasteiger charge is -2.17. The van der Waals surface area contributed by atoms with Gasteiger partial charge in [0.2, 0.25) is 0 Å². The third-order valence-corrected chi connectivity index (χ3v) is 5.32. The van der Waals surface area contributed by atoms with Gasteiger partial charge in [0.05, 0.1) is 30.3 Å². The second kappa shape index (κ2) is 9.23. The number of hydrogen-bond donors (Lipinski definition) is 4. The summed E-state index contributed by atoms with van der Waals surface area (Å²) in [6.45, 7) is 3.15. The molecule has 0 unspecified atom stereocenters. The number of nitriles is 1.